The van der Waals surface area contributed by atoms with Gasteiger partial charge in [-0.1, -0.05) is 34.8 Å². The largest absolute Gasteiger partial charge is 0.298 e. The maximum atomic E-state index is 11.9. The van der Waals surface area contributed by atoms with Crippen molar-refractivity contribution in [3.63, 3.8) is 0 Å². The second-order valence-electron chi connectivity index (χ2n) is 3.56. The van der Waals surface area contributed by atoms with Gasteiger partial charge in [-0.2, -0.15) is 0 Å². The van der Waals surface area contributed by atoms with Crippen LogP contribution in [0.15, 0.2) is 36.7 Å². The fraction of sp³-hybridized carbons (Fsp3) is 0. The quantitative estimate of drug-likeness (QED) is 0.847. The predicted molar refractivity (Wildman–Crippen MR) is 76.8 cm³/mol. The van der Waals surface area contributed by atoms with Gasteiger partial charge in [-0.05, 0) is 24.3 Å². The van der Waals surface area contributed by atoms with Gasteiger partial charge in [-0.15, -0.1) is 0 Å². The lowest BCUT2D eigenvalue weighted by molar-refractivity contribution is 0.0963. The number of carbonyl (C=O) groups excluding carboxylic acids is 1. The van der Waals surface area contributed by atoms with Gasteiger partial charge in [0.1, 0.15) is 0 Å². The standard InChI is InChI=1S/C12H8Cl3N3O/c13-7-1-3-8(4-2-7)17-18-12(19)11-9(14)5-16-6-10(11)15/h1-6,17H,(H,18,19). The van der Waals surface area contributed by atoms with Crippen LogP contribution in [0.3, 0.4) is 0 Å². The molecular formula is C12H8Cl3N3O. The molecule has 0 bridgehead atoms. The third-order valence-electron chi connectivity index (χ3n) is 2.25. The summed E-state index contributed by atoms with van der Waals surface area (Å²) in [4.78, 5) is 15.7. The molecule has 0 fully saturated rings. The van der Waals surface area contributed by atoms with E-state index in [-0.39, 0.29) is 15.6 Å². The zero-order chi connectivity index (χ0) is 13.8. The molecule has 0 saturated carbocycles. The van der Waals surface area contributed by atoms with E-state index in [0.717, 1.165) is 0 Å². The lowest BCUT2D eigenvalue weighted by atomic mass is 10.2. The Morgan fingerprint density at radius 1 is 1.00 bits per heavy atom. The number of benzene rings is 1. The Hall–Kier alpha value is -1.49. The monoisotopic (exact) mass is 315 g/mol. The molecule has 2 rings (SSSR count). The van der Waals surface area contributed by atoms with E-state index in [4.69, 9.17) is 34.8 Å². The first kappa shape index (κ1) is 13.9. The first-order chi connectivity index (χ1) is 9.08. The van der Waals surface area contributed by atoms with E-state index < -0.39 is 5.91 Å². The molecule has 1 heterocycles. The number of rotatable bonds is 3. The molecular weight excluding hydrogens is 309 g/mol. The summed E-state index contributed by atoms with van der Waals surface area (Å²) in [6, 6.07) is 6.83. The highest BCUT2D eigenvalue weighted by molar-refractivity contribution is 6.39. The maximum absolute atomic E-state index is 11.9. The van der Waals surface area contributed by atoms with Crippen LogP contribution in [-0.2, 0) is 0 Å². The minimum atomic E-state index is -0.452. The van der Waals surface area contributed by atoms with E-state index in [1.165, 1.54) is 12.4 Å². The normalized spacial score (nSPS) is 10.1. The zero-order valence-corrected chi connectivity index (χ0v) is 11.7. The number of pyridine rings is 1. The number of anilines is 1. The van der Waals surface area contributed by atoms with Gasteiger partial charge in [0.25, 0.3) is 5.91 Å². The Morgan fingerprint density at radius 2 is 1.58 bits per heavy atom. The van der Waals surface area contributed by atoms with Crippen molar-refractivity contribution < 1.29 is 4.79 Å². The summed E-state index contributed by atoms with van der Waals surface area (Å²) in [5.41, 5.74) is 6.06. The van der Waals surface area contributed by atoms with Gasteiger partial charge >= 0.3 is 0 Å². The van der Waals surface area contributed by atoms with Crippen molar-refractivity contribution in [2.75, 3.05) is 5.43 Å². The fourth-order valence-electron chi connectivity index (χ4n) is 1.35. The molecule has 0 spiro atoms. The Balaban J connectivity index is 2.07. The molecule has 2 N–H and O–H groups in total. The van der Waals surface area contributed by atoms with Gasteiger partial charge in [0.05, 0.1) is 21.3 Å². The third-order valence-corrected chi connectivity index (χ3v) is 3.07. The molecule has 0 atom stereocenters. The summed E-state index contributed by atoms with van der Waals surface area (Å²) in [6.07, 6.45) is 2.70. The number of nitrogens with zero attached hydrogens (tertiary/aromatic N) is 1. The van der Waals surface area contributed by atoms with Crippen LogP contribution in [-0.4, -0.2) is 10.9 Å². The molecule has 1 aromatic heterocycles. The summed E-state index contributed by atoms with van der Waals surface area (Å²) < 4.78 is 0. The number of halogens is 3. The summed E-state index contributed by atoms with van der Waals surface area (Å²) in [5, 5.41) is 0.975. The highest BCUT2D eigenvalue weighted by Gasteiger charge is 2.14. The van der Waals surface area contributed by atoms with Crippen molar-refractivity contribution in [1.82, 2.24) is 10.4 Å². The number of carbonyl (C=O) groups is 1. The van der Waals surface area contributed by atoms with Crippen LogP contribution in [0.25, 0.3) is 0 Å². The fourth-order valence-corrected chi connectivity index (χ4v) is 2.02. The number of amides is 1. The molecule has 1 aromatic carbocycles. The summed E-state index contributed by atoms with van der Waals surface area (Å²) in [5.74, 6) is -0.452. The number of aromatic nitrogens is 1. The lowest BCUT2D eigenvalue weighted by Crippen LogP contribution is -2.29. The van der Waals surface area contributed by atoms with Crippen LogP contribution in [0.4, 0.5) is 5.69 Å². The molecule has 0 saturated heterocycles. The molecule has 4 nitrogen and oxygen atoms in total. The van der Waals surface area contributed by atoms with E-state index in [1.807, 2.05) is 0 Å². The van der Waals surface area contributed by atoms with Crippen LogP contribution in [0.5, 0.6) is 0 Å². The van der Waals surface area contributed by atoms with Gasteiger partial charge in [-0.3, -0.25) is 20.6 Å². The molecule has 2 aromatic rings. The molecule has 1 amide bonds. The molecule has 7 heteroatoms. The highest BCUT2D eigenvalue weighted by atomic mass is 35.5. The van der Waals surface area contributed by atoms with Crippen molar-refractivity contribution in [3.05, 3.63) is 57.3 Å². The number of hydrogen-bond donors (Lipinski definition) is 2. The molecule has 98 valence electrons. The first-order valence-electron chi connectivity index (χ1n) is 5.19. The highest BCUT2D eigenvalue weighted by Crippen LogP contribution is 2.22. The minimum absolute atomic E-state index is 0.166. The topological polar surface area (TPSA) is 54.0 Å². The van der Waals surface area contributed by atoms with E-state index in [2.05, 4.69) is 15.8 Å². The van der Waals surface area contributed by atoms with E-state index in [9.17, 15) is 4.79 Å². The van der Waals surface area contributed by atoms with Crippen LogP contribution in [0.2, 0.25) is 15.1 Å². The second-order valence-corrected chi connectivity index (χ2v) is 4.81. The van der Waals surface area contributed by atoms with Crippen LogP contribution < -0.4 is 10.9 Å². The van der Waals surface area contributed by atoms with Gasteiger partial charge in [-0.25, -0.2) is 0 Å². The van der Waals surface area contributed by atoms with Crippen molar-refractivity contribution in [3.8, 4) is 0 Å². The van der Waals surface area contributed by atoms with Gasteiger partial charge in [0, 0.05) is 17.4 Å². The third kappa shape index (κ3) is 3.50. The van der Waals surface area contributed by atoms with Gasteiger partial charge in [0.15, 0.2) is 0 Å². The predicted octanol–water partition coefficient (Wildman–Crippen LogP) is 3.80. The van der Waals surface area contributed by atoms with Crippen LogP contribution in [0, 0.1) is 0 Å². The average molecular weight is 317 g/mol. The maximum Gasteiger partial charge on any atom is 0.272 e. The summed E-state index contributed by atoms with van der Waals surface area (Å²) in [7, 11) is 0. The second kappa shape index (κ2) is 6.10. The van der Waals surface area contributed by atoms with Gasteiger partial charge < -0.3 is 0 Å². The van der Waals surface area contributed by atoms with E-state index in [0.29, 0.717) is 10.7 Å². The van der Waals surface area contributed by atoms with Crippen molar-refractivity contribution in [1.29, 1.82) is 0 Å². The van der Waals surface area contributed by atoms with E-state index >= 15 is 0 Å². The minimum Gasteiger partial charge on any atom is -0.298 e. The molecule has 0 aliphatic carbocycles. The van der Waals surface area contributed by atoms with Gasteiger partial charge in [0.2, 0.25) is 0 Å². The first-order valence-corrected chi connectivity index (χ1v) is 6.32. The van der Waals surface area contributed by atoms with Crippen LogP contribution in [0.1, 0.15) is 10.4 Å². The lowest BCUT2D eigenvalue weighted by Gasteiger charge is -2.10. The molecule has 0 aliphatic heterocycles. The smallest absolute Gasteiger partial charge is 0.272 e. The number of hydrogen-bond acceptors (Lipinski definition) is 3. The molecule has 0 radical (unpaired) electrons. The van der Waals surface area contributed by atoms with Crippen molar-refractivity contribution >= 4 is 46.4 Å². The summed E-state index contributed by atoms with van der Waals surface area (Å²) >= 11 is 17.5. The zero-order valence-electron chi connectivity index (χ0n) is 9.45. The Bertz CT molecular complexity index is 581. The number of nitrogens with one attached hydrogen (secondary N) is 2. The SMILES string of the molecule is O=C(NNc1ccc(Cl)cc1)c1c(Cl)cncc1Cl. The average Bonchev–Trinajstić information content (AvgIpc) is 2.38. The Labute approximate surface area is 124 Å². The van der Waals surface area contributed by atoms with E-state index in [1.54, 1.807) is 24.3 Å². The number of hydrazine groups is 1. The molecule has 19 heavy (non-hydrogen) atoms. The Morgan fingerprint density at radius 3 is 2.16 bits per heavy atom. The van der Waals surface area contributed by atoms with Crippen molar-refractivity contribution in [2.24, 2.45) is 0 Å². The van der Waals surface area contributed by atoms with Crippen molar-refractivity contribution in [2.45, 2.75) is 0 Å². The molecule has 0 aliphatic rings. The summed E-state index contributed by atoms with van der Waals surface area (Å²) in [6.45, 7) is 0. The Kier molecular flexibility index (Phi) is 4.47. The molecule has 0 unspecified atom stereocenters. The van der Waals surface area contributed by atoms with Crippen LogP contribution >= 0.6 is 34.8 Å².